The lowest BCUT2D eigenvalue weighted by Gasteiger charge is -2.32. The molecule has 0 saturated carbocycles. The predicted molar refractivity (Wildman–Crippen MR) is 96.8 cm³/mol. The third-order valence-electron chi connectivity index (χ3n) is 4.33. The Kier molecular flexibility index (Phi) is 6.03. The van der Waals surface area contributed by atoms with Crippen LogP contribution in [0.3, 0.4) is 0 Å². The highest BCUT2D eigenvalue weighted by Crippen LogP contribution is 2.19. The molecule has 2 aromatic rings. The Bertz CT molecular complexity index is 810. The van der Waals surface area contributed by atoms with Gasteiger partial charge in [-0.2, -0.15) is 0 Å². The first kappa shape index (κ1) is 18.8. The van der Waals surface area contributed by atoms with E-state index in [4.69, 9.17) is 15.2 Å². The van der Waals surface area contributed by atoms with Crippen molar-refractivity contribution >= 4 is 11.8 Å². The summed E-state index contributed by atoms with van der Waals surface area (Å²) < 4.78 is 24.6. The molecule has 0 aromatic heterocycles. The van der Waals surface area contributed by atoms with Crippen LogP contribution in [0.15, 0.2) is 48.5 Å². The zero-order valence-electron chi connectivity index (χ0n) is 14.7. The first-order valence-electron chi connectivity index (χ1n) is 8.69. The molecule has 0 bridgehead atoms. The minimum atomic E-state index is -0.509. The van der Waals surface area contributed by atoms with Crippen LogP contribution in [0, 0.1) is 5.82 Å². The van der Waals surface area contributed by atoms with Crippen molar-refractivity contribution < 1.29 is 23.5 Å². The maximum absolute atomic E-state index is 13.3. The molecule has 3 rings (SSSR count). The molecule has 0 aliphatic carbocycles. The lowest BCUT2D eigenvalue weighted by Crippen LogP contribution is -2.51. The normalized spacial score (nSPS) is 19.3. The van der Waals surface area contributed by atoms with Crippen molar-refractivity contribution in [3.8, 4) is 5.75 Å². The second-order valence-corrected chi connectivity index (χ2v) is 6.39. The molecule has 0 spiro atoms. The van der Waals surface area contributed by atoms with Crippen molar-refractivity contribution in [3.05, 3.63) is 65.5 Å². The van der Waals surface area contributed by atoms with Gasteiger partial charge in [0.25, 0.3) is 0 Å². The van der Waals surface area contributed by atoms with Crippen LogP contribution in [-0.4, -0.2) is 37.2 Å². The van der Waals surface area contributed by atoms with E-state index in [1.807, 2.05) is 0 Å². The van der Waals surface area contributed by atoms with E-state index in [0.29, 0.717) is 36.5 Å². The number of carbonyl (C=O) groups excluding carboxylic acids is 2. The van der Waals surface area contributed by atoms with E-state index in [9.17, 15) is 14.0 Å². The number of nitrogens with two attached hydrogens (primary N) is 1. The summed E-state index contributed by atoms with van der Waals surface area (Å²) in [4.78, 5) is 23.5. The maximum atomic E-state index is 13.3. The van der Waals surface area contributed by atoms with Gasteiger partial charge in [-0.1, -0.05) is 12.1 Å². The standard InChI is InChI=1S/C20H21FN2O4/c21-15-3-1-2-13(10-15)11-19(24)23-17-8-9-26-12-18(17)27-16-6-4-14(5-7-16)20(22)25/h1-7,10,17-18H,8-9,11-12H2,(H2,22,25)(H,23,24)/t17-,18-/m1/s1. The molecule has 1 aliphatic heterocycles. The van der Waals surface area contributed by atoms with Crippen LogP contribution < -0.4 is 15.8 Å². The summed E-state index contributed by atoms with van der Waals surface area (Å²) in [5.74, 6) is -0.526. The Morgan fingerprint density at radius 3 is 2.70 bits per heavy atom. The second-order valence-electron chi connectivity index (χ2n) is 6.39. The molecule has 2 amide bonds. The van der Waals surface area contributed by atoms with Gasteiger partial charge in [0, 0.05) is 12.2 Å². The number of nitrogens with one attached hydrogen (secondary N) is 1. The number of halogens is 1. The van der Waals surface area contributed by atoms with Gasteiger partial charge in [0.05, 0.1) is 19.1 Å². The number of primary amides is 1. The Hall–Kier alpha value is -2.93. The Morgan fingerprint density at radius 2 is 2.00 bits per heavy atom. The van der Waals surface area contributed by atoms with E-state index in [1.54, 1.807) is 36.4 Å². The summed E-state index contributed by atoms with van der Waals surface area (Å²) >= 11 is 0. The molecule has 142 valence electrons. The van der Waals surface area contributed by atoms with Crippen LogP contribution >= 0.6 is 0 Å². The second kappa shape index (κ2) is 8.64. The number of benzene rings is 2. The number of hydrogen-bond acceptors (Lipinski definition) is 4. The number of hydrogen-bond donors (Lipinski definition) is 2. The van der Waals surface area contributed by atoms with Gasteiger partial charge in [-0.3, -0.25) is 9.59 Å². The Morgan fingerprint density at radius 1 is 1.22 bits per heavy atom. The Balaban J connectivity index is 1.61. The van der Waals surface area contributed by atoms with E-state index >= 15 is 0 Å². The molecule has 0 radical (unpaired) electrons. The lowest BCUT2D eigenvalue weighted by atomic mass is 10.0. The van der Waals surface area contributed by atoms with Gasteiger partial charge in [0.1, 0.15) is 17.7 Å². The summed E-state index contributed by atoms with van der Waals surface area (Å²) in [5.41, 5.74) is 6.23. The fourth-order valence-electron chi connectivity index (χ4n) is 2.96. The third-order valence-corrected chi connectivity index (χ3v) is 4.33. The molecule has 7 heteroatoms. The molecule has 0 unspecified atom stereocenters. The zero-order chi connectivity index (χ0) is 19.2. The molecule has 1 fully saturated rings. The van der Waals surface area contributed by atoms with Crippen molar-refractivity contribution in [1.29, 1.82) is 0 Å². The molecular formula is C20H21FN2O4. The first-order chi connectivity index (χ1) is 13.0. The first-order valence-corrected chi connectivity index (χ1v) is 8.69. The van der Waals surface area contributed by atoms with Crippen molar-refractivity contribution in [2.45, 2.75) is 25.0 Å². The highest BCUT2D eigenvalue weighted by Gasteiger charge is 2.29. The molecule has 1 saturated heterocycles. The van der Waals surface area contributed by atoms with Crippen molar-refractivity contribution in [1.82, 2.24) is 5.32 Å². The smallest absolute Gasteiger partial charge is 0.248 e. The fourth-order valence-corrected chi connectivity index (χ4v) is 2.96. The molecule has 1 aliphatic rings. The molecule has 1 heterocycles. The minimum absolute atomic E-state index is 0.0924. The largest absolute Gasteiger partial charge is 0.486 e. The monoisotopic (exact) mass is 372 g/mol. The van der Waals surface area contributed by atoms with Gasteiger partial charge in [-0.25, -0.2) is 4.39 Å². The molecule has 2 aromatic carbocycles. The van der Waals surface area contributed by atoms with E-state index in [1.165, 1.54) is 12.1 Å². The van der Waals surface area contributed by atoms with Crippen molar-refractivity contribution in [2.24, 2.45) is 5.73 Å². The zero-order valence-corrected chi connectivity index (χ0v) is 14.7. The van der Waals surface area contributed by atoms with Gasteiger partial charge < -0.3 is 20.5 Å². The van der Waals surface area contributed by atoms with Crippen molar-refractivity contribution in [3.63, 3.8) is 0 Å². The van der Waals surface area contributed by atoms with E-state index in [2.05, 4.69) is 5.32 Å². The number of ether oxygens (including phenoxy) is 2. The molecule has 2 atom stereocenters. The maximum Gasteiger partial charge on any atom is 0.248 e. The third kappa shape index (κ3) is 5.27. The predicted octanol–water partition coefficient (Wildman–Crippen LogP) is 1.82. The molecule has 3 N–H and O–H groups in total. The molecule has 6 nitrogen and oxygen atoms in total. The summed E-state index contributed by atoms with van der Waals surface area (Å²) in [7, 11) is 0. The van der Waals surface area contributed by atoms with Crippen LogP contribution in [-0.2, 0) is 16.0 Å². The van der Waals surface area contributed by atoms with E-state index in [-0.39, 0.29) is 30.3 Å². The van der Waals surface area contributed by atoms with E-state index in [0.717, 1.165) is 0 Å². The lowest BCUT2D eigenvalue weighted by molar-refractivity contribution is -0.123. The van der Waals surface area contributed by atoms with Crippen LogP contribution in [0.4, 0.5) is 4.39 Å². The van der Waals surface area contributed by atoms with Gasteiger partial charge in [0.2, 0.25) is 11.8 Å². The van der Waals surface area contributed by atoms with E-state index < -0.39 is 5.91 Å². The topological polar surface area (TPSA) is 90.7 Å². The van der Waals surface area contributed by atoms with Gasteiger partial charge in [-0.05, 0) is 48.4 Å². The minimum Gasteiger partial charge on any atom is -0.486 e. The number of rotatable bonds is 6. The summed E-state index contributed by atoms with van der Waals surface area (Å²) in [6.07, 6.45) is 0.336. The number of carbonyl (C=O) groups is 2. The van der Waals surface area contributed by atoms with Crippen LogP contribution in [0.2, 0.25) is 0 Å². The SMILES string of the molecule is NC(=O)c1ccc(O[C@@H]2COCC[C@H]2NC(=O)Cc2cccc(F)c2)cc1. The summed E-state index contributed by atoms with van der Waals surface area (Å²) in [5, 5.41) is 2.95. The Labute approximate surface area is 156 Å². The van der Waals surface area contributed by atoms with Crippen LogP contribution in [0.5, 0.6) is 5.75 Å². The van der Waals surface area contributed by atoms with Crippen LogP contribution in [0.1, 0.15) is 22.3 Å². The summed E-state index contributed by atoms with van der Waals surface area (Å²) in [6, 6.07) is 12.2. The van der Waals surface area contributed by atoms with Gasteiger partial charge >= 0.3 is 0 Å². The van der Waals surface area contributed by atoms with Crippen LogP contribution in [0.25, 0.3) is 0 Å². The number of amides is 2. The molecular weight excluding hydrogens is 351 g/mol. The molecule has 27 heavy (non-hydrogen) atoms. The highest BCUT2D eigenvalue weighted by molar-refractivity contribution is 5.92. The average Bonchev–Trinajstić information content (AvgIpc) is 2.64. The quantitative estimate of drug-likeness (QED) is 0.809. The highest BCUT2D eigenvalue weighted by atomic mass is 19.1. The van der Waals surface area contributed by atoms with Crippen molar-refractivity contribution in [2.75, 3.05) is 13.2 Å². The van der Waals surface area contributed by atoms with Gasteiger partial charge in [0.15, 0.2) is 0 Å². The fraction of sp³-hybridized carbons (Fsp3) is 0.300. The van der Waals surface area contributed by atoms with Gasteiger partial charge in [-0.15, -0.1) is 0 Å². The summed E-state index contributed by atoms with van der Waals surface area (Å²) in [6.45, 7) is 0.855. The average molecular weight is 372 g/mol.